The average molecular weight is 693 g/mol. The molecule has 3 aromatic carbocycles. The van der Waals surface area contributed by atoms with Gasteiger partial charge in [-0.1, -0.05) is 78.5 Å². The number of aliphatic hydroxyl groups excluding tert-OH is 1. The van der Waals surface area contributed by atoms with E-state index in [1.807, 2.05) is 72.8 Å². The SMILES string of the molecule is O=C(NCc1cccc(-c2ccc(C3OC(CSc4ncccn4)CC(c4ccc(CO)cc4)O3)cc2)c1)C1CCCN1C(=O)C(F)(F)F. The van der Waals surface area contributed by atoms with Crippen LogP contribution in [0, 0.1) is 0 Å². The quantitative estimate of drug-likeness (QED) is 0.151. The van der Waals surface area contributed by atoms with E-state index in [1.54, 1.807) is 18.5 Å². The highest BCUT2D eigenvalue weighted by Crippen LogP contribution is 2.39. The summed E-state index contributed by atoms with van der Waals surface area (Å²) in [5, 5.41) is 12.9. The predicted octanol–water partition coefficient (Wildman–Crippen LogP) is 6.14. The number of benzene rings is 3. The monoisotopic (exact) mass is 692 g/mol. The maximum Gasteiger partial charge on any atom is 0.471 e. The number of carbonyl (C=O) groups is 2. The van der Waals surface area contributed by atoms with Gasteiger partial charge in [-0.15, -0.1) is 0 Å². The number of aromatic nitrogens is 2. The Morgan fingerprint density at radius 1 is 0.918 bits per heavy atom. The molecule has 2 amide bonds. The molecule has 0 radical (unpaired) electrons. The van der Waals surface area contributed by atoms with Crippen LogP contribution in [0.5, 0.6) is 0 Å². The number of hydrogen-bond donors (Lipinski definition) is 2. The Hall–Kier alpha value is -4.30. The third-order valence-corrected chi connectivity index (χ3v) is 9.53. The molecule has 4 atom stereocenters. The highest BCUT2D eigenvalue weighted by atomic mass is 32.2. The van der Waals surface area contributed by atoms with E-state index >= 15 is 0 Å². The summed E-state index contributed by atoms with van der Waals surface area (Å²) >= 11 is 1.52. The second-order valence-corrected chi connectivity index (χ2v) is 12.9. The molecule has 49 heavy (non-hydrogen) atoms. The smallest absolute Gasteiger partial charge is 0.392 e. The first-order chi connectivity index (χ1) is 23.7. The highest BCUT2D eigenvalue weighted by Gasteiger charge is 2.47. The van der Waals surface area contributed by atoms with Crippen LogP contribution in [-0.2, 0) is 32.2 Å². The maximum atomic E-state index is 13.0. The average Bonchev–Trinajstić information content (AvgIpc) is 3.63. The summed E-state index contributed by atoms with van der Waals surface area (Å²) in [6.07, 6.45) is -1.47. The molecule has 2 saturated heterocycles. The van der Waals surface area contributed by atoms with E-state index in [2.05, 4.69) is 15.3 Å². The van der Waals surface area contributed by atoms with Crippen LogP contribution in [0.25, 0.3) is 11.1 Å². The van der Waals surface area contributed by atoms with E-state index in [0.29, 0.717) is 28.7 Å². The zero-order valence-corrected chi connectivity index (χ0v) is 27.2. The first-order valence-electron chi connectivity index (χ1n) is 15.9. The van der Waals surface area contributed by atoms with Crippen LogP contribution in [0.3, 0.4) is 0 Å². The van der Waals surface area contributed by atoms with Crippen LogP contribution in [-0.4, -0.2) is 62.4 Å². The van der Waals surface area contributed by atoms with Crippen molar-refractivity contribution in [3.63, 3.8) is 0 Å². The van der Waals surface area contributed by atoms with Gasteiger partial charge in [0.15, 0.2) is 11.4 Å². The maximum absolute atomic E-state index is 13.0. The van der Waals surface area contributed by atoms with Crippen LogP contribution < -0.4 is 5.32 Å². The minimum Gasteiger partial charge on any atom is -0.392 e. The van der Waals surface area contributed by atoms with Gasteiger partial charge in [-0.05, 0) is 52.8 Å². The van der Waals surface area contributed by atoms with Crippen LogP contribution in [0.2, 0.25) is 0 Å². The number of thioether (sulfide) groups is 1. The Kier molecular flexibility index (Phi) is 10.9. The molecule has 256 valence electrons. The van der Waals surface area contributed by atoms with Gasteiger partial charge in [-0.25, -0.2) is 9.97 Å². The summed E-state index contributed by atoms with van der Waals surface area (Å²) in [5.41, 5.74) is 5.21. The zero-order chi connectivity index (χ0) is 34.4. The van der Waals surface area contributed by atoms with Crippen LogP contribution in [0.4, 0.5) is 13.2 Å². The molecule has 4 unspecified atom stereocenters. The number of likely N-dealkylation sites (tertiary alicyclic amines) is 1. The first-order valence-corrected chi connectivity index (χ1v) is 16.9. The molecule has 9 nitrogen and oxygen atoms in total. The molecule has 0 bridgehead atoms. The lowest BCUT2D eigenvalue weighted by Gasteiger charge is -2.36. The van der Waals surface area contributed by atoms with Crippen molar-refractivity contribution in [1.82, 2.24) is 20.2 Å². The summed E-state index contributed by atoms with van der Waals surface area (Å²) < 4.78 is 51.9. The van der Waals surface area contributed by atoms with Crippen molar-refractivity contribution in [3.05, 3.63) is 114 Å². The number of aliphatic hydroxyl groups is 1. The molecule has 4 aromatic rings. The number of nitrogens with one attached hydrogen (secondary N) is 1. The predicted molar refractivity (Wildman–Crippen MR) is 176 cm³/mol. The molecule has 0 spiro atoms. The lowest BCUT2D eigenvalue weighted by Crippen LogP contribution is -2.50. The second-order valence-electron chi connectivity index (χ2n) is 11.9. The molecule has 3 heterocycles. The minimum atomic E-state index is -5.02. The van der Waals surface area contributed by atoms with Gasteiger partial charge < -0.3 is 24.8 Å². The van der Waals surface area contributed by atoms with Gasteiger partial charge in [0, 0.05) is 43.2 Å². The number of carbonyl (C=O) groups excluding carboxylic acids is 2. The summed E-state index contributed by atoms with van der Waals surface area (Å²) in [5.74, 6) is -1.95. The first kappa shape index (κ1) is 34.6. The molecule has 2 fully saturated rings. The topological polar surface area (TPSA) is 114 Å². The van der Waals surface area contributed by atoms with Crippen LogP contribution >= 0.6 is 11.8 Å². The molecule has 6 rings (SSSR count). The number of alkyl halides is 3. The zero-order valence-electron chi connectivity index (χ0n) is 26.4. The Bertz CT molecular complexity index is 1730. The Labute approximate surface area is 285 Å². The summed E-state index contributed by atoms with van der Waals surface area (Å²) in [4.78, 5) is 33.8. The van der Waals surface area contributed by atoms with Crippen molar-refractivity contribution in [1.29, 1.82) is 0 Å². The number of nitrogens with zero attached hydrogens (tertiary/aromatic N) is 3. The van der Waals surface area contributed by atoms with E-state index in [4.69, 9.17) is 9.47 Å². The third kappa shape index (κ3) is 8.66. The standard InChI is InChI=1S/C36H35F3N4O5S/c37-36(38,39)34(46)43-17-2-6-30(43)32(45)42-20-24-4-1-5-28(18-24)25-11-13-27(14-12-25)33-47-29(22-49-35-40-15-3-16-41-35)19-31(48-33)26-9-7-23(21-44)8-10-26/h1,3-5,7-16,18,29-31,33,44H,2,6,17,19-22H2,(H,42,45). The number of halogens is 3. The Balaban J connectivity index is 1.12. The summed E-state index contributed by atoms with van der Waals surface area (Å²) in [7, 11) is 0. The minimum absolute atomic E-state index is 0.0372. The summed E-state index contributed by atoms with van der Waals surface area (Å²) in [6.45, 7) is -0.0306. The van der Waals surface area contributed by atoms with Crippen molar-refractivity contribution < 1.29 is 37.3 Å². The van der Waals surface area contributed by atoms with Gasteiger partial charge in [0.05, 0.1) is 18.8 Å². The van der Waals surface area contributed by atoms with Gasteiger partial charge >= 0.3 is 12.1 Å². The van der Waals surface area contributed by atoms with Gasteiger partial charge in [0.2, 0.25) is 5.91 Å². The van der Waals surface area contributed by atoms with Crippen LogP contribution in [0.1, 0.15) is 53.9 Å². The molecule has 0 saturated carbocycles. The van der Waals surface area contributed by atoms with E-state index in [0.717, 1.165) is 33.4 Å². The fourth-order valence-electron chi connectivity index (χ4n) is 6.00. The van der Waals surface area contributed by atoms with Crippen molar-refractivity contribution in [2.45, 2.75) is 68.3 Å². The molecule has 13 heteroatoms. The molecule has 2 aliphatic heterocycles. The highest BCUT2D eigenvalue weighted by molar-refractivity contribution is 7.99. The fourth-order valence-corrected chi connectivity index (χ4v) is 6.82. The van der Waals surface area contributed by atoms with E-state index in [1.165, 1.54) is 11.8 Å². The molecule has 1 aromatic heterocycles. The normalized spacial score (nSPS) is 21.0. The Morgan fingerprint density at radius 3 is 2.37 bits per heavy atom. The fraction of sp³-hybridized carbons (Fsp3) is 0.333. The van der Waals surface area contributed by atoms with Gasteiger partial charge in [-0.3, -0.25) is 9.59 Å². The Morgan fingerprint density at radius 2 is 1.65 bits per heavy atom. The van der Waals surface area contributed by atoms with E-state index in [9.17, 15) is 27.9 Å². The third-order valence-electron chi connectivity index (χ3n) is 8.52. The van der Waals surface area contributed by atoms with Gasteiger partial charge in [0.1, 0.15) is 6.04 Å². The largest absolute Gasteiger partial charge is 0.471 e. The molecular formula is C36H35F3N4O5S. The van der Waals surface area contributed by atoms with Crippen LogP contribution in [0.15, 0.2) is 96.4 Å². The van der Waals surface area contributed by atoms with Crippen molar-refractivity contribution in [2.24, 2.45) is 0 Å². The molecule has 2 aliphatic rings. The molecule has 0 aliphatic carbocycles. The van der Waals surface area contributed by atoms with E-state index in [-0.39, 0.29) is 38.3 Å². The van der Waals surface area contributed by atoms with Gasteiger partial charge in [-0.2, -0.15) is 13.2 Å². The number of rotatable bonds is 10. The van der Waals surface area contributed by atoms with Crippen molar-refractivity contribution >= 4 is 23.6 Å². The molecular weight excluding hydrogens is 657 g/mol. The van der Waals surface area contributed by atoms with Gasteiger partial charge in [0.25, 0.3) is 0 Å². The van der Waals surface area contributed by atoms with Crippen molar-refractivity contribution in [3.8, 4) is 11.1 Å². The summed E-state index contributed by atoms with van der Waals surface area (Å²) in [6, 6.07) is 23.6. The van der Waals surface area contributed by atoms with E-state index < -0.39 is 30.3 Å². The lowest BCUT2D eigenvalue weighted by atomic mass is 9.99. The number of amides is 2. The lowest BCUT2D eigenvalue weighted by molar-refractivity contribution is -0.245. The number of ether oxygens (including phenoxy) is 2. The second kappa shape index (κ2) is 15.5. The number of hydrogen-bond acceptors (Lipinski definition) is 8. The van der Waals surface area contributed by atoms with Crippen molar-refractivity contribution in [2.75, 3.05) is 12.3 Å². The molecule has 2 N–H and O–H groups in total.